The second-order valence-corrected chi connectivity index (χ2v) is 8.62. The molecule has 2 aromatic rings. The van der Waals surface area contributed by atoms with Crippen LogP contribution in [0.15, 0.2) is 36.4 Å². The number of benzene rings is 2. The number of likely N-dealkylation sites (tertiary alicyclic amines) is 1. The summed E-state index contributed by atoms with van der Waals surface area (Å²) in [7, 11) is 0. The van der Waals surface area contributed by atoms with E-state index in [1.807, 2.05) is 36.9 Å². The number of nitrogens with zero attached hydrogens (tertiary/aromatic N) is 1. The van der Waals surface area contributed by atoms with Crippen molar-refractivity contribution in [1.29, 1.82) is 0 Å². The van der Waals surface area contributed by atoms with Gasteiger partial charge in [0.25, 0.3) is 0 Å². The van der Waals surface area contributed by atoms with Crippen LogP contribution in [0, 0.1) is 13.8 Å². The van der Waals surface area contributed by atoms with Crippen LogP contribution in [0.2, 0.25) is 5.02 Å². The number of rotatable bonds is 6. The maximum absolute atomic E-state index is 13.2. The van der Waals surface area contributed by atoms with Gasteiger partial charge in [-0.3, -0.25) is 0 Å². The Labute approximate surface area is 185 Å². The van der Waals surface area contributed by atoms with Gasteiger partial charge in [-0.15, -0.1) is 0 Å². The number of para-hydroxylation sites is 1. The third-order valence-corrected chi connectivity index (χ3v) is 6.12. The number of aryl methyl sites for hydroxylation is 2. The Bertz CT molecular complexity index is 891. The molecule has 1 heterocycles. The largest absolute Gasteiger partial charge is 0.490 e. The van der Waals surface area contributed by atoms with E-state index in [0.717, 1.165) is 22.9 Å². The molecule has 1 atom stereocenters. The number of hydrogen-bond acceptors (Lipinski definition) is 4. The van der Waals surface area contributed by atoms with Crippen molar-refractivity contribution in [1.82, 2.24) is 4.90 Å². The Balaban J connectivity index is 1.57. The molecule has 0 aliphatic carbocycles. The monoisotopic (exact) mass is 457 g/mol. The minimum atomic E-state index is -4.58. The second kappa shape index (κ2) is 9.36. The van der Waals surface area contributed by atoms with E-state index in [1.165, 1.54) is 12.1 Å². The van der Waals surface area contributed by atoms with Crippen LogP contribution >= 0.6 is 11.6 Å². The third-order valence-electron chi connectivity index (χ3n) is 5.79. The van der Waals surface area contributed by atoms with Crippen molar-refractivity contribution in [3.63, 3.8) is 0 Å². The summed E-state index contributed by atoms with van der Waals surface area (Å²) in [5, 5.41) is 21.0. The molecule has 0 radical (unpaired) electrons. The Morgan fingerprint density at radius 1 is 1.13 bits per heavy atom. The summed E-state index contributed by atoms with van der Waals surface area (Å²) in [6, 6.07) is 9.40. The maximum atomic E-state index is 13.2. The zero-order chi connectivity index (χ0) is 22.8. The molecule has 0 aromatic heterocycles. The number of β-amino-alcohol motifs (C(OH)–C–C–N with tert-alkyl or cyclic N) is 1. The normalized spacial score (nSPS) is 18.1. The van der Waals surface area contributed by atoms with Gasteiger partial charge >= 0.3 is 6.18 Å². The third kappa shape index (κ3) is 5.71. The zero-order valence-electron chi connectivity index (χ0n) is 17.5. The molecule has 1 fully saturated rings. The van der Waals surface area contributed by atoms with Crippen LogP contribution in [0.3, 0.4) is 0 Å². The lowest BCUT2D eigenvalue weighted by Crippen LogP contribution is -2.46. The maximum Gasteiger partial charge on any atom is 0.417 e. The minimum absolute atomic E-state index is 0.137. The van der Waals surface area contributed by atoms with Gasteiger partial charge in [0.15, 0.2) is 0 Å². The Morgan fingerprint density at radius 3 is 2.32 bits per heavy atom. The summed E-state index contributed by atoms with van der Waals surface area (Å²) in [6.45, 7) is 5.28. The van der Waals surface area contributed by atoms with E-state index in [-0.39, 0.29) is 30.0 Å². The number of halogens is 4. The van der Waals surface area contributed by atoms with E-state index in [1.54, 1.807) is 0 Å². The Kier molecular flexibility index (Phi) is 7.21. The molecule has 170 valence electrons. The molecule has 2 aromatic carbocycles. The molecule has 31 heavy (non-hydrogen) atoms. The first-order valence-corrected chi connectivity index (χ1v) is 10.6. The van der Waals surface area contributed by atoms with Gasteiger partial charge in [-0.05, 0) is 55.5 Å². The lowest BCUT2D eigenvalue weighted by molar-refractivity contribution is -0.137. The molecule has 8 heteroatoms. The average molecular weight is 458 g/mol. The highest BCUT2D eigenvalue weighted by Gasteiger charge is 2.38. The standard InChI is InChI=1S/C23H27ClF3NO3/c1-15-4-3-5-16(2)21(15)31-14-18(29)13-28-10-8-22(30,9-11-28)17-6-7-20(24)19(12-17)23(25,26)27/h3-7,12,18,29-30H,8-11,13-14H2,1-2H3/t18-/m0/s1. The summed E-state index contributed by atoms with van der Waals surface area (Å²) in [4.78, 5) is 1.98. The van der Waals surface area contributed by atoms with Gasteiger partial charge in [-0.25, -0.2) is 0 Å². The van der Waals surface area contributed by atoms with Crippen molar-refractivity contribution in [2.75, 3.05) is 26.2 Å². The fourth-order valence-electron chi connectivity index (χ4n) is 3.98. The summed E-state index contributed by atoms with van der Waals surface area (Å²) < 4.78 is 45.3. The van der Waals surface area contributed by atoms with Crippen LogP contribution in [0.25, 0.3) is 0 Å². The van der Waals surface area contributed by atoms with Crippen molar-refractivity contribution in [3.8, 4) is 5.75 Å². The molecule has 0 amide bonds. The highest BCUT2D eigenvalue weighted by atomic mass is 35.5. The molecule has 0 spiro atoms. The van der Waals surface area contributed by atoms with E-state index in [9.17, 15) is 23.4 Å². The van der Waals surface area contributed by atoms with Crippen molar-refractivity contribution < 1.29 is 28.1 Å². The Morgan fingerprint density at radius 2 is 1.74 bits per heavy atom. The van der Waals surface area contributed by atoms with Gasteiger partial charge < -0.3 is 19.8 Å². The number of aliphatic hydroxyl groups excluding tert-OH is 1. The number of piperidine rings is 1. The van der Waals surface area contributed by atoms with E-state index in [0.29, 0.717) is 19.6 Å². The van der Waals surface area contributed by atoms with Gasteiger partial charge in [-0.1, -0.05) is 35.9 Å². The molecule has 1 aliphatic rings. The first-order chi connectivity index (χ1) is 14.5. The minimum Gasteiger partial charge on any atom is -0.490 e. The summed E-state index contributed by atoms with van der Waals surface area (Å²) in [5.41, 5.74) is -0.0990. The predicted octanol–water partition coefficient (Wildman–Crippen LogP) is 4.70. The fourth-order valence-corrected chi connectivity index (χ4v) is 4.21. The van der Waals surface area contributed by atoms with Gasteiger partial charge in [0.05, 0.1) is 16.2 Å². The molecular formula is C23H27ClF3NO3. The lowest BCUT2D eigenvalue weighted by Gasteiger charge is -2.39. The van der Waals surface area contributed by atoms with E-state index < -0.39 is 23.4 Å². The summed E-state index contributed by atoms with van der Waals surface area (Å²) in [5.74, 6) is 0.762. The topological polar surface area (TPSA) is 52.9 Å². The van der Waals surface area contributed by atoms with Crippen LogP contribution < -0.4 is 4.74 Å². The van der Waals surface area contributed by atoms with Gasteiger partial charge in [0.1, 0.15) is 18.5 Å². The summed E-state index contributed by atoms with van der Waals surface area (Å²) in [6.07, 6.45) is -4.78. The van der Waals surface area contributed by atoms with Crippen LogP contribution in [-0.2, 0) is 11.8 Å². The molecule has 3 rings (SSSR count). The molecule has 1 aliphatic heterocycles. The summed E-state index contributed by atoms with van der Waals surface area (Å²) >= 11 is 5.69. The lowest BCUT2D eigenvalue weighted by atomic mass is 9.83. The van der Waals surface area contributed by atoms with Crippen LogP contribution in [0.1, 0.15) is 35.1 Å². The van der Waals surface area contributed by atoms with Gasteiger partial charge in [-0.2, -0.15) is 13.2 Å². The molecule has 2 N–H and O–H groups in total. The first kappa shape index (κ1) is 23.9. The fraction of sp³-hybridized carbons (Fsp3) is 0.478. The molecule has 0 saturated carbocycles. The number of aliphatic hydroxyl groups is 2. The van der Waals surface area contributed by atoms with Gasteiger partial charge in [0, 0.05) is 19.6 Å². The Hall–Kier alpha value is -1.80. The van der Waals surface area contributed by atoms with E-state index in [4.69, 9.17) is 16.3 Å². The average Bonchev–Trinajstić information content (AvgIpc) is 2.69. The van der Waals surface area contributed by atoms with Gasteiger partial charge in [0.2, 0.25) is 0 Å². The van der Waals surface area contributed by atoms with Crippen molar-refractivity contribution in [2.45, 2.75) is 44.6 Å². The molecule has 1 saturated heterocycles. The van der Waals surface area contributed by atoms with Crippen molar-refractivity contribution >= 4 is 11.6 Å². The second-order valence-electron chi connectivity index (χ2n) is 8.21. The van der Waals surface area contributed by atoms with Crippen LogP contribution in [0.5, 0.6) is 5.75 Å². The van der Waals surface area contributed by atoms with E-state index >= 15 is 0 Å². The van der Waals surface area contributed by atoms with E-state index in [2.05, 4.69) is 0 Å². The predicted molar refractivity (Wildman–Crippen MR) is 113 cm³/mol. The van der Waals surface area contributed by atoms with Crippen LogP contribution in [-0.4, -0.2) is 47.5 Å². The molecule has 0 unspecified atom stereocenters. The van der Waals surface area contributed by atoms with Crippen molar-refractivity contribution in [2.24, 2.45) is 0 Å². The number of alkyl halides is 3. The first-order valence-electron chi connectivity index (χ1n) is 10.2. The quantitative estimate of drug-likeness (QED) is 0.660. The molecular weight excluding hydrogens is 431 g/mol. The highest BCUT2D eigenvalue weighted by Crippen LogP contribution is 2.40. The zero-order valence-corrected chi connectivity index (χ0v) is 18.3. The SMILES string of the molecule is Cc1cccc(C)c1OC[C@@H](O)CN1CCC(O)(c2ccc(Cl)c(C(F)(F)F)c2)CC1. The van der Waals surface area contributed by atoms with Crippen molar-refractivity contribution in [3.05, 3.63) is 63.7 Å². The number of hydrogen-bond donors (Lipinski definition) is 2. The molecule has 0 bridgehead atoms. The highest BCUT2D eigenvalue weighted by molar-refractivity contribution is 6.31. The number of ether oxygens (including phenoxy) is 1. The molecule has 4 nitrogen and oxygen atoms in total. The van der Waals surface area contributed by atoms with Crippen LogP contribution in [0.4, 0.5) is 13.2 Å². The smallest absolute Gasteiger partial charge is 0.417 e.